The van der Waals surface area contributed by atoms with Gasteiger partial charge in [0.15, 0.2) is 5.78 Å². The summed E-state index contributed by atoms with van der Waals surface area (Å²) in [6, 6.07) is 5.82. The summed E-state index contributed by atoms with van der Waals surface area (Å²) in [5, 5.41) is 0.908. The van der Waals surface area contributed by atoms with E-state index in [0.29, 0.717) is 18.8 Å². The van der Waals surface area contributed by atoms with Crippen molar-refractivity contribution in [3.8, 4) is 5.75 Å². The van der Waals surface area contributed by atoms with E-state index >= 15 is 0 Å². The Balaban J connectivity index is 1.96. The molecule has 1 saturated heterocycles. The van der Waals surface area contributed by atoms with Gasteiger partial charge in [-0.3, -0.25) is 4.79 Å². The fourth-order valence-corrected chi connectivity index (χ4v) is 2.84. The normalized spacial score (nSPS) is 21.8. The number of aromatic nitrogens is 1. The molecule has 4 heteroatoms. The molecule has 0 spiro atoms. The van der Waals surface area contributed by atoms with Crippen LogP contribution in [-0.2, 0) is 4.74 Å². The van der Waals surface area contributed by atoms with Crippen LogP contribution in [0.4, 0.5) is 0 Å². The predicted molar refractivity (Wildman–Crippen MR) is 82.0 cm³/mol. The summed E-state index contributed by atoms with van der Waals surface area (Å²) in [6.07, 6.45) is 4.46. The Morgan fingerprint density at radius 2 is 2.33 bits per heavy atom. The van der Waals surface area contributed by atoms with E-state index in [0.717, 1.165) is 35.9 Å². The highest BCUT2D eigenvalue weighted by Gasteiger charge is 2.39. The lowest BCUT2D eigenvalue weighted by Crippen LogP contribution is -2.34. The first-order chi connectivity index (χ1) is 10.1. The Bertz CT molecular complexity index is 653. The zero-order valence-corrected chi connectivity index (χ0v) is 12.6. The van der Waals surface area contributed by atoms with E-state index in [2.05, 4.69) is 11.9 Å². The lowest BCUT2D eigenvalue weighted by atomic mass is 9.92. The van der Waals surface area contributed by atoms with Gasteiger partial charge >= 0.3 is 0 Å². The molecule has 0 bridgehead atoms. The smallest absolute Gasteiger partial charge is 0.196 e. The summed E-state index contributed by atoms with van der Waals surface area (Å²) in [5.41, 5.74) is 0.954. The van der Waals surface area contributed by atoms with Gasteiger partial charge in [0.1, 0.15) is 11.4 Å². The number of hydrogen-bond donors (Lipinski definition) is 1. The Labute approximate surface area is 124 Å². The zero-order valence-electron chi connectivity index (χ0n) is 12.6. The fraction of sp³-hybridized carbons (Fsp3) is 0.471. The maximum atomic E-state index is 12.8. The van der Waals surface area contributed by atoms with Crippen LogP contribution in [0.25, 0.3) is 10.9 Å². The minimum Gasteiger partial charge on any atom is -0.494 e. The van der Waals surface area contributed by atoms with Crippen molar-refractivity contribution in [1.82, 2.24) is 4.98 Å². The van der Waals surface area contributed by atoms with Gasteiger partial charge in [0.25, 0.3) is 0 Å². The summed E-state index contributed by atoms with van der Waals surface area (Å²) < 4.78 is 11.3. The molecule has 1 atom stereocenters. The molecule has 2 aromatic rings. The number of ether oxygens (including phenoxy) is 2. The number of rotatable bonds is 5. The van der Waals surface area contributed by atoms with E-state index in [1.54, 1.807) is 6.20 Å². The number of aromatic amines is 1. The zero-order chi connectivity index (χ0) is 14.9. The Hall–Kier alpha value is -1.81. The van der Waals surface area contributed by atoms with Crippen molar-refractivity contribution in [3.63, 3.8) is 0 Å². The van der Waals surface area contributed by atoms with E-state index in [9.17, 15) is 4.79 Å². The minimum atomic E-state index is -0.685. The fourth-order valence-electron chi connectivity index (χ4n) is 2.84. The lowest BCUT2D eigenvalue weighted by molar-refractivity contribution is 0.0215. The van der Waals surface area contributed by atoms with Crippen LogP contribution in [0.5, 0.6) is 5.75 Å². The molecule has 3 rings (SSSR count). The highest BCUT2D eigenvalue weighted by molar-refractivity contribution is 6.12. The largest absolute Gasteiger partial charge is 0.494 e. The topological polar surface area (TPSA) is 51.3 Å². The van der Waals surface area contributed by atoms with Gasteiger partial charge in [0.2, 0.25) is 0 Å². The molecule has 1 unspecified atom stereocenters. The van der Waals surface area contributed by atoms with Gasteiger partial charge in [0, 0.05) is 29.3 Å². The minimum absolute atomic E-state index is 0.0545. The van der Waals surface area contributed by atoms with Crippen molar-refractivity contribution < 1.29 is 14.3 Å². The van der Waals surface area contributed by atoms with Gasteiger partial charge in [-0.25, -0.2) is 0 Å². The van der Waals surface area contributed by atoms with Crippen molar-refractivity contribution in [2.24, 2.45) is 0 Å². The van der Waals surface area contributed by atoms with Gasteiger partial charge in [-0.15, -0.1) is 0 Å². The second-order valence-electron chi connectivity index (χ2n) is 5.77. The number of ketones is 1. The Morgan fingerprint density at radius 3 is 3.05 bits per heavy atom. The molecular formula is C17H21NO3. The van der Waals surface area contributed by atoms with Crippen molar-refractivity contribution >= 4 is 16.7 Å². The molecule has 0 aliphatic carbocycles. The second kappa shape index (κ2) is 5.53. The SMILES string of the molecule is CCCOc1ccc2[nH]cc(C(=O)C3(C)CCCO3)c2c1. The molecule has 0 radical (unpaired) electrons. The van der Waals surface area contributed by atoms with Crippen molar-refractivity contribution in [3.05, 3.63) is 30.0 Å². The highest BCUT2D eigenvalue weighted by atomic mass is 16.5. The number of fused-ring (bicyclic) bond motifs is 1. The summed E-state index contributed by atoms with van der Waals surface area (Å²) in [5.74, 6) is 0.856. The van der Waals surface area contributed by atoms with Gasteiger partial charge < -0.3 is 14.5 Å². The summed E-state index contributed by atoms with van der Waals surface area (Å²) in [4.78, 5) is 15.9. The van der Waals surface area contributed by atoms with Crippen LogP contribution < -0.4 is 4.74 Å². The summed E-state index contributed by atoms with van der Waals surface area (Å²) in [7, 11) is 0. The molecule has 1 N–H and O–H groups in total. The molecule has 112 valence electrons. The third-order valence-corrected chi connectivity index (χ3v) is 4.07. The molecule has 4 nitrogen and oxygen atoms in total. The molecule has 0 amide bonds. The first kappa shape index (κ1) is 14.1. The van der Waals surface area contributed by atoms with Crippen molar-refractivity contribution in [1.29, 1.82) is 0 Å². The number of carbonyl (C=O) groups is 1. The molecule has 1 aromatic carbocycles. The maximum absolute atomic E-state index is 12.8. The Morgan fingerprint density at radius 1 is 1.48 bits per heavy atom. The third kappa shape index (κ3) is 2.56. The third-order valence-electron chi connectivity index (χ3n) is 4.07. The molecule has 1 aliphatic rings. The van der Waals surface area contributed by atoms with Crippen LogP contribution in [0.1, 0.15) is 43.5 Å². The highest BCUT2D eigenvalue weighted by Crippen LogP contribution is 2.32. The number of H-pyrrole nitrogens is 1. The van der Waals surface area contributed by atoms with Crippen LogP contribution in [0.3, 0.4) is 0 Å². The van der Waals surface area contributed by atoms with E-state index in [-0.39, 0.29) is 5.78 Å². The number of nitrogens with one attached hydrogen (secondary N) is 1. The molecule has 1 aromatic heterocycles. The van der Waals surface area contributed by atoms with Gasteiger partial charge in [-0.1, -0.05) is 6.92 Å². The van der Waals surface area contributed by atoms with Gasteiger partial charge in [-0.05, 0) is 44.4 Å². The van der Waals surface area contributed by atoms with Crippen LogP contribution in [0.2, 0.25) is 0 Å². The van der Waals surface area contributed by atoms with Crippen LogP contribution in [0.15, 0.2) is 24.4 Å². The molecule has 1 aliphatic heterocycles. The van der Waals surface area contributed by atoms with E-state index < -0.39 is 5.60 Å². The maximum Gasteiger partial charge on any atom is 0.196 e. The van der Waals surface area contributed by atoms with Crippen molar-refractivity contribution in [2.45, 2.75) is 38.7 Å². The average molecular weight is 287 g/mol. The standard InChI is InChI=1S/C17H21NO3/c1-3-8-20-12-5-6-15-13(10-12)14(11-18-15)16(19)17(2)7-4-9-21-17/h5-6,10-11,18H,3-4,7-9H2,1-2H3. The molecule has 0 saturated carbocycles. The monoisotopic (exact) mass is 287 g/mol. The first-order valence-electron chi connectivity index (χ1n) is 7.57. The van der Waals surface area contributed by atoms with E-state index in [1.807, 2.05) is 25.1 Å². The number of Topliss-reactive ketones (excluding diaryl/α,β-unsaturated/α-hetero) is 1. The molecule has 2 heterocycles. The first-order valence-corrected chi connectivity index (χ1v) is 7.57. The average Bonchev–Trinajstić information content (AvgIpc) is 3.11. The molecule has 21 heavy (non-hydrogen) atoms. The quantitative estimate of drug-likeness (QED) is 0.853. The lowest BCUT2D eigenvalue weighted by Gasteiger charge is -2.20. The predicted octanol–water partition coefficient (Wildman–Crippen LogP) is 3.71. The van der Waals surface area contributed by atoms with Crippen LogP contribution >= 0.6 is 0 Å². The summed E-state index contributed by atoms with van der Waals surface area (Å²) in [6.45, 7) is 5.30. The van der Waals surface area contributed by atoms with E-state index in [4.69, 9.17) is 9.47 Å². The Kier molecular flexibility index (Phi) is 3.72. The number of carbonyl (C=O) groups excluding carboxylic acids is 1. The van der Waals surface area contributed by atoms with Crippen LogP contribution in [0, 0.1) is 0 Å². The van der Waals surface area contributed by atoms with Crippen molar-refractivity contribution in [2.75, 3.05) is 13.2 Å². The molecule has 1 fully saturated rings. The second-order valence-corrected chi connectivity index (χ2v) is 5.77. The molecular weight excluding hydrogens is 266 g/mol. The van der Waals surface area contributed by atoms with E-state index in [1.165, 1.54) is 0 Å². The van der Waals surface area contributed by atoms with Gasteiger partial charge in [-0.2, -0.15) is 0 Å². The summed E-state index contributed by atoms with van der Waals surface area (Å²) >= 11 is 0. The van der Waals surface area contributed by atoms with Crippen LogP contribution in [-0.4, -0.2) is 29.6 Å². The van der Waals surface area contributed by atoms with Gasteiger partial charge in [0.05, 0.1) is 6.61 Å². The number of hydrogen-bond acceptors (Lipinski definition) is 3. The number of benzene rings is 1.